The molecule has 1 heterocycles. The normalized spacial score (nSPS) is 13.8. The van der Waals surface area contributed by atoms with E-state index in [9.17, 15) is 27.9 Å². The second-order valence-corrected chi connectivity index (χ2v) is 12.5. The summed E-state index contributed by atoms with van der Waals surface area (Å²) in [6, 6.07) is 11.5. The molecule has 3 aromatic rings. The van der Waals surface area contributed by atoms with Crippen LogP contribution in [0.25, 0.3) is 10.8 Å². The second kappa shape index (κ2) is 14.7. The minimum Gasteiger partial charge on any atom is -0.480 e. The van der Waals surface area contributed by atoms with Crippen LogP contribution in [0.15, 0.2) is 55.0 Å². The number of nitrogens with one attached hydrogen (secondary N) is 2. The van der Waals surface area contributed by atoms with Gasteiger partial charge in [0, 0.05) is 24.6 Å². The van der Waals surface area contributed by atoms with Crippen molar-refractivity contribution in [1.29, 1.82) is 0 Å². The van der Waals surface area contributed by atoms with Crippen molar-refractivity contribution in [2.45, 2.75) is 58.0 Å². The Morgan fingerprint density at radius 2 is 1.88 bits per heavy atom. The number of hydrogen-bond donors (Lipinski definition) is 3. The molecule has 0 bridgehead atoms. The quantitative estimate of drug-likeness (QED) is 0.216. The van der Waals surface area contributed by atoms with Crippen LogP contribution in [0.4, 0.5) is 0 Å². The van der Waals surface area contributed by atoms with Crippen molar-refractivity contribution in [2.75, 3.05) is 18.6 Å². The lowest BCUT2D eigenvalue weighted by molar-refractivity contribution is -0.210. The lowest BCUT2D eigenvalue weighted by atomic mass is 9.99. The Labute approximate surface area is 240 Å². The highest BCUT2D eigenvalue weighted by Crippen LogP contribution is 2.21. The largest absolute Gasteiger partial charge is 0.480 e. The number of nitrogens with zero attached hydrogens (tertiary/aromatic N) is 2. The SMILES string of the molecule is CC[C@H](C)[C@@H](CON(C(=O)CCc1cccc2ccccc12)[C@@H](CCS(C)(=O)=O)C(=O)O)NC(=O)Cc1cnc[nH]1. The zero-order chi connectivity index (χ0) is 30.0. The number of hydrogen-bond acceptors (Lipinski definition) is 7. The number of hydroxylamine groups is 2. The number of benzene rings is 2. The molecule has 12 heteroatoms. The third-order valence-corrected chi connectivity index (χ3v) is 8.02. The summed E-state index contributed by atoms with van der Waals surface area (Å²) in [6.45, 7) is 3.68. The van der Waals surface area contributed by atoms with Crippen LogP contribution in [0.5, 0.6) is 0 Å². The Kier molecular flexibility index (Phi) is 11.4. The number of aliphatic carboxylic acids is 1. The summed E-state index contributed by atoms with van der Waals surface area (Å²) in [6.07, 6.45) is 4.70. The van der Waals surface area contributed by atoms with Crippen LogP contribution < -0.4 is 5.32 Å². The number of H-pyrrole nitrogens is 1. The van der Waals surface area contributed by atoms with Crippen LogP contribution in [0.2, 0.25) is 0 Å². The first-order valence-corrected chi connectivity index (χ1v) is 15.6. The molecule has 0 saturated heterocycles. The Bertz CT molecular complexity index is 1420. The second-order valence-electron chi connectivity index (χ2n) is 10.2. The first-order valence-electron chi connectivity index (χ1n) is 13.6. The number of aromatic amines is 1. The Hall–Kier alpha value is -3.77. The molecule has 2 amide bonds. The molecule has 0 fully saturated rings. The Balaban J connectivity index is 1.79. The number of sulfone groups is 1. The molecule has 3 N–H and O–H groups in total. The lowest BCUT2D eigenvalue weighted by Gasteiger charge is -2.31. The van der Waals surface area contributed by atoms with E-state index in [2.05, 4.69) is 15.3 Å². The number of aryl methyl sites for hydroxylation is 1. The van der Waals surface area contributed by atoms with Gasteiger partial charge in [-0.1, -0.05) is 62.7 Å². The van der Waals surface area contributed by atoms with Crippen LogP contribution >= 0.6 is 0 Å². The lowest BCUT2D eigenvalue weighted by Crippen LogP contribution is -2.50. The molecule has 3 rings (SSSR count). The summed E-state index contributed by atoms with van der Waals surface area (Å²) < 4.78 is 23.7. The number of aromatic nitrogens is 2. The van der Waals surface area contributed by atoms with Gasteiger partial charge < -0.3 is 15.4 Å². The van der Waals surface area contributed by atoms with Gasteiger partial charge in [-0.2, -0.15) is 0 Å². The first-order chi connectivity index (χ1) is 19.5. The van der Waals surface area contributed by atoms with Gasteiger partial charge in [0.15, 0.2) is 6.04 Å². The molecule has 0 saturated carbocycles. The molecule has 1 aromatic heterocycles. The van der Waals surface area contributed by atoms with E-state index < -0.39 is 39.6 Å². The van der Waals surface area contributed by atoms with E-state index >= 15 is 0 Å². The molecule has 222 valence electrons. The highest BCUT2D eigenvalue weighted by atomic mass is 32.2. The summed E-state index contributed by atoms with van der Waals surface area (Å²) in [5, 5.41) is 15.7. The molecule has 0 radical (unpaired) electrons. The number of amides is 2. The summed E-state index contributed by atoms with van der Waals surface area (Å²) >= 11 is 0. The van der Waals surface area contributed by atoms with Gasteiger partial charge in [0.05, 0.1) is 31.1 Å². The standard InChI is InChI=1S/C29H38N4O7S/c1-4-20(2)25(32-27(34)16-23-17-30-19-31-23)18-40-33(26(29(36)37)14-15-41(3,38)39)28(35)13-12-22-10-7-9-21-8-5-6-11-24(21)22/h5-11,17,19-20,25-26H,4,12-16,18H2,1-3H3,(H,30,31)(H,32,34)(H,36,37)/t20-,25+,26-/m0/s1. The molecule has 3 atom stereocenters. The van der Waals surface area contributed by atoms with Gasteiger partial charge in [-0.05, 0) is 35.1 Å². The fourth-order valence-electron chi connectivity index (χ4n) is 4.47. The van der Waals surface area contributed by atoms with E-state index in [1.807, 2.05) is 56.3 Å². The van der Waals surface area contributed by atoms with Crippen LogP contribution in [0.3, 0.4) is 0 Å². The summed E-state index contributed by atoms with van der Waals surface area (Å²) in [5.41, 5.74) is 1.55. The van der Waals surface area contributed by atoms with Gasteiger partial charge >= 0.3 is 5.97 Å². The van der Waals surface area contributed by atoms with E-state index in [0.29, 0.717) is 18.5 Å². The highest BCUT2D eigenvalue weighted by Gasteiger charge is 2.33. The zero-order valence-electron chi connectivity index (χ0n) is 23.6. The van der Waals surface area contributed by atoms with Crippen molar-refractivity contribution in [1.82, 2.24) is 20.3 Å². The zero-order valence-corrected chi connectivity index (χ0v) is 24.4. The maximum absolute atomic E-state index is 13.5. The van der Waals surface area contributed by atoms with Gasteiger partial charge in [-0.3, -0.25) is 14.4 Å². The monoisotopic (exact) mass is 586 g/mol. The molecule has 11 nitrogen and oxygen atoms in total. The topological polar surface area (TPSA) is 159 Å². The number of carbonyl (C=O) groups is 3. The van der Waals surface area contributed by atoms with Gasteiger partial charge in [-0.25, -0.2) is 23.3 Å². The summed E-state index contributed by atoms with van der Waals surface area (Å²) in [7, 11) is -3.50. The molecule has 0 aliphatic carbocycles. The van der Waals surface area contributed by atoms with Gasteiger partial charge in [-0.15, -0.1) is 0 Å². The molecule has 41 heavy (non-hydrogen) atoms. The van der Waals surface area contributed by atoms with Crippen LogP contribution in [0, 0.1) is 5.92 Å². The third kappa shape index (κ3) is 9.68. The van der Waals surface area contributed by atoms with Crippen LogP contribution in [-0.2, 0) is 41.9 Å². The molecule has 0 unspecified atom stereocenters. The average Bonchev–Trinajstić information content (AvgIpc) is 3.44. The molecular formula is C29H38N4O7S. The summed E-state index contributed by atoms with van der Waals surface area (Å²) in [5.74, 6) is -2.76. The van der Waals surface area contributed by atoms with Crippen molar-refractivity contribution in [3.8, 4) is 0 Å². The van der Waals surface area contributed by atoms with Crippen LogP contribution in [0.1, 0.15) is 44.4 Å². The number of carbonyl (C=O) groups excluding carboxylic acids is 2. The number of carboxylic acids is 1. The van der Waals surface area contributed by atoms with E-state index in [0.717, 1.165) is 27.7 Å². The summed E-state index contributed by atoms with van der Waals surface area (Å²) in [4.78, 5) is 51.1. The van der Waals surface area contributed by atoms with Crippen molar-refractivity contribution in [3.63, 3.8) is 0 Å². The van der Waals surface area contributed by atoms with Crippen molar-refractivity contribution < 1.29 is 32.7 Å². The Morgan fingerprint density at radius 1 is 1.15 bits per heavy atom. The Morgan fingerprint density at radius 3 is 2.54 bits per heavy atom. The smallest absolute Gasteiger partial charge is 0.329 e. The maximum atomic E-state index is 13.5. The molecule has 0 aliphatic rings. The van der Waals surface area contributed by atoms with Crippen molar-refractivity contribution in [2.24, 2.45) is 5.92 Å². The highest BCUT2D eigenvalue weighted by molar-refractivity contribution is 7.90. The van der Waals surface area contributed by atoms with Crippen molar-refractivity contribution >= 4 is 38.4 Å². The van der Waals surface area contributed by atoms with E-state index in [1.165, 1.54) is 6.33 Å². The number of imidazole rings is 1. The number of fused-ring (bicyclic) bond motifs is 1. The fraction of sp³-hybridized carbons (Fsp3) is 0.448. The van der Waals surface area contributed by atoms with E-state index in [-0.39, 0.29) is 37.7 Å². The molecule has 2 aromatic carbocycles. The van der Waals surface area contributed by atoms with Crippen molar-refractivity contribution in [3.05, 3.63) is 66.2 Å². The minimum atomic E-state index is -3.50. The first kappa shape index (κ1) is 31.8. The van der Waals surface area contributed by atoms with Gasteiger partial charge in [0.25, 0.3) is 0 Å². The number of carboxylic acid groups (broad SMARTS) is 1. The van der Waals surface area contributed by atoms with E-state index in [1.54, 1.807) is 6.20 Å². The van der Waals surface area contributed by atoms with Gasteiger partial charge in [0.2, 0.25) is 11.8 Å². The van der Waals surface area contributed by atoms with Gasteiger partial charge in [0.1, 0.15) is 9.84 Å². The maximum Gasteiger partial charge on any atom is 0.329 e. The number of rotatable bonds is 16. The van der Waals surface area contributed by atoms with E-state index in [4.69, 9.17) is 4.84 Å². The predicted octanol–water partition coefficient (Wildman–Crippen LogP) is 2.92. The molecule has 0 aliphatic heterocycles. The minimum absolute atomic E-state index is 0.0587. The predicted molar refractivity (Wildman–Crippen MR) is 154 cm³/mol. The molecular weight excluding hydrogens is 548 g/mol. The average molecular weight is 587 g/mol. The fourth-order valence-corrected chi connectivity index (χ4v) is 5.12. The van der Waals surface area contributed by atoms with Crippen LogP contribution in [-0.4, -0.2) is 77.0 Å². The molecule has 0 spiro atoms. The third-order valence-electron chi connectivity index (χ3n) is 7.04.